The first-order valence-corrected chi connectivity index (χ1v) is 7.57. The van der Waals surface area contributed by atoms with E-state index in [1.54, 1.807) is 26.8 Å². The summed E-state index contributed by atoms with van der Waals surface area (Å²) in [4.78, 5) is 24.0. The van der Waals surface area contributed by atoms with Crippen molar-refractivity contribution in [1.29, 1.82) is 0 Å². The second-order valence-electron chi connectivity index (χ2n) is 5.40. The van der Waals surface area contributed by atoms with Crippen molar-refractivity contribution < 1.29 is 18.7 Å². The Hall–Kier alpha value is -2.56. The molecule has 1 heterocycles. The highest BCUT2D eigenvalue weighted by molar-refractivity contribution is 5.93. The first-order valence-electron chi connectivity index (χ1n) is 7.57. The fraction of sp³-hybridized carbons (Fsp3) is 0.333. The Morgan fingerprint density at radius 2 is 1.91 bits per heavy atom. The highest BCUT2D eigenvalue weighted by Crippen LogP contribution is 2.15. The number of carbonyl (C=O) groups is 2. The lowest BCUT2D eigenvalue weighted by Crippen LogP contribution is -2.36. The van der Waals surface area contributed by atoms with Crippen LogP contribution in [-0.2, 0) is 16.0 Å². The predicted molar refractivity (Wildman–Crippen MR) is 86.2 cm³/mol. The second kappa shape index (κ2) is 7.63. The molecule has 1 atom stereocenters. The summed E-state index contributed by atoms with van der Waals surface area (Å²) in [7, 11) is 0. The molecular formula is C18H21NO4. The third-order valence-electron chi connectivity index (χ3n) is 3.47. The minimum Gasteiger partial charge on any atom is -0.466 e. The molecule has 1 amide bonds. The molecule has 5 heteroatoms. The van der Waals surface area contributed by atoms with Crippen molar-refractivity contribution in [1.82, 2.24) is 5.32 Å². The van der Waals surface area contributed by atoms with Crippen LogP contribution in [0.25, 0.3) is 0 Å². The number of benzene rings is 1. The van der Waals surface area contributed by atoms with E-state index >= 15 is 0 Å². The molecule has 0 fully saturated rings. The first-order chi connectivity index (χ1) is 11.0. The summed E-state index contributed by atoms with van der Waals surface area (Å²) in [5, 5.41) is 2.77. The minimum absolute atomic E-state index is 0.313. The molecule has 5 nitrogen and oxygen atoms in total. The SMILES string of the molecule is Cc1cc(C(=O)OC(C)C(=O)NCCc2ccccc2)c(C)o1. The standard InChI is InChI=1S/C18H21NO4/c1-12-11-16(13(2)22-12)18(21)23-14(3)17(20)19-10-9-15-7-5-4-6-8-15/h4-8,11,14H,9-10H2,1-3H3,(H,19,20). The summed E-state index contributed by atoms with van der Waals surface area (Å²) in [5.41, 5.74) is 1.49. The van der Waals surface area contributed by atoms with E-state index < -0.39 is 12.1 Å². The predicted octanol–water partition coefficient (Wildman–Crippen LogP) is 2.80. The Kier molecular flexibility index (Phi) is 5.57. The number of carbonyl (C=O) groups excluding carboxylic acids is 2. The third-order valence-corrected chi connectivity index (χ3v) is 3.47. The Balaban J connectivity index is 1.80. The van der Waals surface area contributed by atoms with Gasteiger partial charge in [-0.1, -0.05) is 30.3 Å². The molecular weight excluding hydrogens is 294 g/mol. The Morgan fingerprint density at radius 3 is 2.52 bits per heavy atom. The molecule has 0 saturated carbocycles. The number of hydrogen-bond acceptors (Lipinski definition) is 4. The van der Waals surface area contributed by atoms with Crippen molar-refractivity contribution >= 4 is 11.9 Å². The zero-order valence-corrected chi connectivity index (χ0v) is 13.6. The van der Waals surface area contributed by atoms with E-state index in [4.69, 9.17) is 9.15 Å². The van der Waals surface area contributed by atoms with Gasteiger partial charge in [-0.15, -0.1) is 0 Å². The topological polar surface area (TPSA) is 68.5 Å². The average molecular weight is 315 g/mol. The molecule has 0 radical (unpaired) electrons. The van der Waals surface area contributed by atoms with Crippen LogP contribution in [0.2, 0.25) is 0 Å². The Bertz CT molecular complexity index is 676. The van der Waals surface area contributed by atoms with Crippen molar-refractivity contribution in [2.24, 2.45) is 0 Å². The molecule has 1 aromatic heterocycles. The smallest absolute Gasteiger partial charge is 0.342 e. The molecule has 122 valence electrons. The van der Waals surface area contributed by atoms with Crippen molar-refractivity contribution in [3.8, 4) is 0 Å². The molecule has 0 aliphatic carbocycles. The summed E-state index contributed by atoms with van der Waals surface area (Å²) in [6, 6.07) is 11.5. The molecule has 0 saturated heterocycles. The van der Waals surface area contributed by atoms with Crippen molar-refractivity contribution in [2.75, 3.05) is 6.54 Å². The van der Waals surface area contributed by atoms with Crippen LogP contribution in [0, 0.1) is 13.8 Å². The molecule has 1 unspecified atom stereocenters. The van der Waals surface area contributed by atoms with Crippen molar-refractivity contribution in [2.45, 2.75) is 33.3 Å². The highest BCUT2D eigenvalue weighted by Gasteiger charge is 2.21. The lowest BCUT2D eigenvalue weighted by molar-refractivity contribution is -0.129. The van der Waals surface area contributed by atoms with Gasteiger partial charge in [-0.2, -0.15) is 0 Å². The molecule has 0 spiro atoms. The molecule has 0 aliphatic rings. The van der Waals surface area contributed by atoms with Gasteiger partial charge < -0.3 is 14.5 Å². The summed E-state index contributed by atoms with van der Waals surface area (Å²) in [6.07, 6.45) is -0.124. The van der Waals surface area contributed by atoms with Crippen LogP contribution in [0.15, 0.2) is 40.8 Å². The summed E-state index contributed by atoms with van der Waals surface area (Å²) < 4.78 is 10.5. The zero-order valence-electron chi connectivity index (χ0n) is 13.6. The van der Waals surface area contributed by atoms with E-state index in [0.717, 1.165) is 12.0 Å². The van der Waals surface area contributed by atoms with Crippen LogP contribution in [0.4, 0.5) is 0 Å². The largest absolute Gasteiger partial charge is 0.466 e. The van der Waals surface area contributed by atoms with Crippen LogP contribution in [0.3, 0.4) is 0 Å². The number of esters is 1. The minimum atomic E-state index is -0.854. The molecule has 0 aliphatic heterocycles. The third kappa shape index (κ3) is 4.71. The first kappa shape index (κ1) is 16.8. The zero-order chi connectivity index (χ0) is 16.8. The molecule has 23 heavy (non-hydrogen) atoms. The van der Waals surface area contributed by atoms with Crippen LogP contribution < -0.4 is 5.32 Å². The van der Waals surface area contributed by atoms with Gasteiger partial charge in [-0.05, 0) is 38.8 Å². The number of nitrogens with one attached hydrogen (secondary N) is 1. The summed E-state index contributed by atoms with van der Waals surface area (Å²) >= 11 is 0. The maximum Gasteiger partial charge on any atom is 0.342 e. The molecule has 1 aromatic carbocycles. The Labute approximate surface area is 135 Å². The number of rotatable bonds is 6. The molecule has 1 N–H and O–H groups in total. The van der Waals surface area contributed by atoms with Gasteiger partial charge in [-0.3, -0.25) is 4.79 Å². The van der Waals surface area contributed by atoms with Gasteiger partial charge in [-0.25, -0.2) is 4.79 Å². The molecule has 2 rings (SSSR count). The van der Waals surface area contributed by atoms with Gasteiger partial charge >= 0.3 is 5.97 Å². The van der Waals surface area contributed by atoms with Crippen LogP contribution in [0.1, 0.15) is 34.4 Å². The second-order valence-corrected chi connectivity index (χ2v) is 5.40. The van der Waals surface area contributed by atoms with E-state index in [0.29, 0.717) is 23.6 Å². The number of furan rings is 1. The lowest BCUT2D eigenvalue weighted by atomic mass is 10.1. The Morgan fingerprint density at radius 1 is 1.22 bits per heavy atom. The normalized spacial score (nSPS) is 11.8. The van der Waals surface area contributed by atoms with Gasteiger partial charge in [0.05, 0.1) is 0 Å². The monoisotopic (exact) mass is 315 g/mol. The lowest BCUT2D eigenvalue weighted by Gasteiger charge is -2.13. The maximum absolute atomic E-state index is 12.0. The van der Waals surface area contributed by atoms with Crippen LogP contribution in [-0.4, -0.2) is 24.5 Å². The van der Waals surface area contributed by atoms with Crippen LogP contribution in [0.5, 0.6) is 0 Å². The van der Waals surface area contributed by atoms with E-state index in [-0.39, 0.29) is 5.91 Å². The van der Waals surface area contributed by atoms with Crippen LogP contribution >= 0.6 is 0 Å². The van der Waals surface area contributed by atoms with E-state index in [2.05, 4.69) is 5.32 Å². The van der Waals surface area contributed by atoms with Crippen molar-refractivity contribution in [3.05, 3.63) is 59.0 Å². The molecule has 0 bridgehead atoms. The highest BCUT2D eigenvalue weighted by atomic mass is 16.5. The molecule has 2 aromatic rings. The van der Waals surface area contributed by atoms with Gasteiger partial charge in [0.25, 0.3) is 5.91 Å². The van der Waals surface area contributed by atoms with Crippen molar-refractivity contribution in [3.63, 3.8) is 0 Å². The van der Waals surface area contributed by atoms with E-state index in [1.165, 1.54) is 0 Å². The van der Waals surface area contributed by atoms with E-state index in [9.17, 15) is 9.59 Å². The quantitative estimate of drug-likeness (QED) is 0.832. The number of ether oxygens (including phenoxy) is 1. The fourth-order valence-electron chi connectivity index (χ4n) is 2.23. The number of aryl methyl sites for hydroxylation is 2. The maximum atomic E-state index is 12.0. The fourth-order valence-corrected chi connectivity index (χ4v) is 2.23. The number of hydrogen-bond donors (Lipinski definition) is 1. The van der Waals surface area contributed by atoms with Gasteiger partial charge in [0.1, 0.15) is 17.1 Å². The van der Waals surface area contributed by atoms with Gasteiger partial charge in [0, 0.05) is 6.54 Å². The van der Waals surface area contributed by atoms with E-state index in [1.807, 2.05) is 30.3 Å². The summed E-state index contributed by atoms with van der Waals surface area (Å²) in [6.45, 7) is 5.49. The average Bonchev–Trinajstić information content (AvgIpc) is 2.87. The van der Waals surface area contributed by atoms with Gasteiger partial charge in [0.2, 0.25) is 0 Å². The summed E-state index contributed by atoms with van der Waals surface area (Å²) in [5.74, 6) is 0.260. The van der Waals surface area contributed by atoms with Gasteiger partial charge in [0.15, 0.2) is 6.10 Å². The number of amides is 1.